The number of rotatable bonds is 7. The molecule has 0 aliphatic carbocycles. The molecule has 1 fully saturated rings. The molecule has 138 valence electrons. The van der Waals surface area contributed by atoms with Crippen LogP contribution < -0.4 is 5.32 Å². The Morgan fingerprint density at radius 1 is 1.27 bits per heavy atom. The SMILES string of the molecule is O=[N+]([O-])c1ccccc1S(=O)(=O)N(Cc1cccnc1)CC1CCNC1. The highest BCUT2D eigenvalue weighted by molar-refractivity contribution is 7.89. The number of pyridine rings is 1. The molecule has 1 aromatic carbocycles. The molecule has 26 heavy (non-hydrogen) atoms. The third-order valence-electron chi connectivity index (χ3n) is 4.39. The summed E-state index contributed by atoms with van der Waals surface area (Å²) in [6.45, 7) is 2.00. The van der Waals surface area contributed by atoms with E-state index in [1.165, 1.54) is 28.6 Å². The maximum Gasteiger partial charge on any atom is 0.289 e. The molecule has 0 spiro atoms. The zero-order valence-electron chi connectivity index (χ0n) is 14.1. The van der Waals surface area contributed by atoms with Crippen molar-refractivity contribution in [3.8, 4) is 0 Å². The molecule has 1 aliphatic heterocycles. The first-order chi connectivity index (χ1) is 12.5. The van der Waals surface area contributed by atoms with Gasteiger partial charge in [0.05, 0.1) is 4.92 Å². The second-order valence-electron chi connectivity index (χ2n) is 6.24. The highest BCUT2D eigenvalue weighted by Gasteiger charge is 2.33. The molecule has 1 atom stereocenters. The predicted molar refractivity (Wildman–Crippen MR) is 95.9 cm³/mol. The van der Waals surface area contributed by atoms with E-state index in [4.69, 9.17) is 0 Å². The summed E-state index contributed by atoms with van der Waals surface area (Å²) in [5.41, 5.74) is 0.328. The van der Waals surface area contributed by atoms with Gasteiger partial charge in [-0.3, -0.25) is 15.1 Å². The maximum atomic E-state index is 13.2. The Labute approximate surface area is 152 Å². The molecule has 0 amide bonds. The van der Waals surface area contributed by atoms with Crippen molar-refractivity contribution in [2.45, 2.75) is 17.9 Å². The largest absolute Gasteiger partial charge is 0.316 e. The normalized spacial score (nSPS) is 17.5. The fourth-order valence-electron chi connectivity index (χ4n) is 3.07. The quantitative estimate of drug-likeness (QED) is 0.583. The van der Waals surface area contributed by atoms with E-state index in [0.717, 1.165) is 25.1 Å². The number of aromatic nitrogens is 1. The summed E-state index contributed by atoms with van der Waals surface area (Å²) in [5.74, 6) is 0.171. The molecule has 8 nitrogen and oxygen atoms in total. The monoisotopic (exact) mass is 376 g/mol. The van der Waals surface area contributed by atoms with Gasteiger partial charge in [-0.15, -0.1) is 0 Å². The molecule has 0 radical (unpaired) electrons. The van der Waals surface area contributed by atoms with Crippen LogP contribution in [-0.2, 0) is 16.6 Å². The molecule has 0 saturated carbocycles. The van der Waals surface area contributed by atoms with Crippen molar-refractivity contribution in [1.29, 1.82) is 0 Å². The smallest absolute Gasteiger partial charge is 0.289 e. The van der Waals surface area contributed by atoms with E-state index in [0.29, 0.717) is 6.54 Å². The first-order valence-corrected chi connectivity index (χ1v) is 9.75. The fraction of sp³-hybridized carbons (Fsp3) is 0.353. The van der Waals surface area contributed by atoms with Crippen LogP contribution in [0.3, 0.4) is 0 Å². The van der Waals surface area contributed by atoms with Crippen molar-refractivity contribution in [3.05, 3.63) is 64.5 Å². The van der Waals surface area contributed by atoms with Gasteiger partial charge < -0.3 is 5.32 Å². The number of nitrogens with zero attached hydrogens (tertiary/aromatic N) is 3. The topological polar surface area (TPSA) is 105 Å². The third kappa shape index (κ3) is 4.06. The first-order valence-electron chi connectivity index (χ1n) is 8.31. The van der Waals surface area contributed by atoms with Gasteiger partial charge in [0.1, 0.15) is 0 Å². The van der Waals surface area contributed by atoms with Gasteiger partial charge in [-0.2, -0.15) is 4.31 Å². The van der Waals surface area contributed by atoms with Crippen LogP contribution in [0.2, 0.25) is 0 Å². The lowest BCUT2D eigenvalue weighted by molar-refractivity contribution is -0.387. The Hall–Kier alpha value is -2.36. The fourth-order valence-corrected chi connectivity index (χ4v) is 4.73. The number of hydrogen-bond donors (Lipinski definition) is 1. The number of para-hydroxylation sites is 1. The molecular weight excluding hydrogens is 356 g/mol. The summed E-state index contributed by atoms with van der Waals surface area (Å²) >= 11 is 0. The average molecular weight is 376 g/mol. The summed E-state index contributed by atoms with van der Waals surface area (Å²) in [7, 11) is -4.03. The minimum Gasteiger partial charge on any atom is -0.316 e. The molecule has 9 heteroatoms. The first kappa shape index (κ1) is 18.4. The van der Waals surface area contributed by atoms with E-state index in [2.05, 4.69) is 10.3 Å². The summed E-state index contributed by atoms with van der Waals surface area (Å²) in [4.78, 5) is 14.4. The average Bonchev–Trinajstić information content (AvgIpc) is 3.15. The second-order valence-corrected chi connectivity index (χ2v) is 8.15. The van der Waals surface area contributed by atoms with E-state index >= 15 is 0 Å². The van der Waals surface area contributed by atoms with Crippen LogP contribution in [0.5, 0.6) is 0 Å². The molecular formula is C17H20N4O4S. The standard InChI is InChI=1S/C17H20N4O4S/c22-21(23)16-5-1-2-6-17(16)26(24,25)20(13-15-7-9-19-11-15)12-14-4-3-8-18-10-14/h1-6,8,10,15,19H,7,9,11-13H2. The minimum absolute atomic E-state index is 0.124. The van der Waals surface area contributed by atoms with Crippen LogP contribution in [0.4, 0.5) is 5.69 Å². The summed E-state index contributed by atoms with van der Waals surface area (Å²) in [5, 5.41) is 14.5. The van der Waals surface area contributed by atoms with E-state index in [1.807, 2.05) is 0 Å². The number of nitrogens with one attached hydrogen (secondary N) is 1. The lowest BCUT2D eigenvalue weighted by atomic mass is 10.1. The van der Waals surface area contributed by atoms with E-state index in [-0.39, 0.29) is 17.4 Å². The van der Waals surface area contributed by atoms with Crippen LogP contribution in [0.1, 0.15) is 12.0 Å². The zero-order chi connectivity index (χ0) is 18.6. The van der Waals surface area contributed by atoms with Crippen molar-refractivity contribution in [3.63, 3.8) is 0 Å². The van der Waals surface area contributed by atoms with Gasteiger partial charge in [-0.25, -0.2) is 8.42 Å². The van der Waals surface area contributed by atoms with E-state index in [1.54, 1.807) is 24.5 Å². The van der Waals surface area contributed by atoms with Crippen LogP contribution in [0.15, 0.2) is 53.7 Å². The van der Waals surface area contributed by atoms with Gasteiger partial charge in [0, 0.05) is 31.5 Å². The third-order valence-corrected chi connectivity index (χ3v) is 6.24. The highest BCUT2D eigenvalue weighted by atomic mass is 32.2. The summed E-state index contributed by atoms with van der Waals surface area (Å²) in [6.07, 6.45) is 4.09. The summed E-state index contributed by atoms with van der Waals surface area (Å²) in [6, 6.07) is 9.00. The van der Waals surface area contributed by atoms with Crippen LogP contribution in [-0.4, -0.2) is 42.3 Å². The Balaban J connectivity index is 1.97. The number of hydrogen-bond acceptors (Lipinski definition) is 6. The van der Waals surface area contributed by atoms with E-state index < -0.39 is 20.6 Å². The molecule has 1 aromatic heterocycles. The maximum absolute atomic E-state index is 13.2. The minimum atomic E-state index is -4.03. The van der Waals surface area contributed by atoms with Gasteiger partial charge in [0.2, 0.25) is 10.0 Å². The molecule has 1 N–H and O–H groups in total. The number of benzene rings is 1. The second kappa shape index (κ2) is 7.90. The molecule has 1 aliphatic rings. The Kier molecular flexibility index (Phi) is 5.60. The van der Waals surface area contributed by atoms with Crippen LogP contribution >= 0.6 is 0 Å². The van der Waals surface area contributed by atoms with Crippen molar-refractivity contribution < 1.29 is 13.3 Å². The van der Waals surface area contributed by atoms with Crippen LogP contribution in [0.25, 0.3) is 0 Å². The summed E-state index contributed by atoms with van der Waals surface area (Å²) < 4.78 is 27.8. The number of nitro groups is 1. The molecule has 1 unspecified atom stereocenters. The van der Waals surface area contributed by atoms with Gasteiger partial charge in [0.15, 0.2) is 4.90 Å². The van der Waals surface area contributed by atoms with Gasteiger partial charge in [-0.1, -0.05) is 18.2 Å². The predicted octanol–water partition coefficient (Wildman–Crippen LogP) is 1.79. The van der Waals surface area contributed by atoms with Crippen molar-refractivity contribution in [2.75, 3.05) is 19.6 Å². The molecule has 3 rings (SSSR count). The van der Waals surface area contributed by atoms with Crippen molar-refractivity contribution in [2.24, 2.45) is 5.92 Å². The lowest BCUT2D eigenvalue weighted by Gasteiger charge is -2.24. The zero-order valence-corrected chi connectivity index (χ0v) is 14.9. The van der Waals surface area contributed by atoms with E-state index in [9.17, 15) is 18.5 Å². The van der Waals surface area contributed by atoms with Gasteiger partial charge in [-0.05, 0) is 43.1 Å². The van der Waals surface area contributed by atoms with Crippen LogP contribution in [0, 0.1) is 16.0 Å². The Bertz CT molecular complexity index is 867. The molecule has 1 saturated heterocycles. The van der Waals surface area contributed by atoms with Crippen molar-refractivity contribution >= 4 is 15.7 Å². The lowest BCUT2D eigenvalue weighted by Crippen LogP contribution is -2.36. The van der Waals surface area contributed by atoms with Gasteiger partial charge in [0.25, 0.3) is 5.69 Å². The van der Waals surface area contributed by atoms with Crippen molar-refractivity contribution in [1.82, 2.24) is 14.6 Å². The Morgan fingerprint density at radius 2 is 2.08 bits per heavy atom. The Morgan fingerprint density at radius 3 is 2.73 bits per heavy atom. The molecule has 0 bridgehead atoms. The highest BCUT2D eigenvalue weighted by Crippen LogP contribution is 2.28. The molecule has 2 heterocycles. The number of sulfonamides is 1. The van der Waals surface area contributed by atoms with Gasteiger partial charge >= 0.3 is 0 Å². The number of nitro benzene ring substituents is 1. The molecule has 2 aromatic rings.